The van der Waals surface area contributed by atoms with Crippen molar-refractivity contribution in [1.29, 1.82) is 0 Å². The van der Waals surface area contributed by atoms with Gasteiger partial charge in [0.2, 0.25) is 5.91 Å². The summed E-state index contributed by atoms with van der Waals surface area (Å²) in [5.74, 6) is 0.521. The Bertz CT molecular complexity index is 226. The van der Waals surface area contributed by atoms with Crippen LogP contribution in [0, 0.1) is 0 Å². The van der Waals surface area contributed by atoms with Crippen molar-refractivity contribution in [3.05, 3.63) is 0 Å². The van der Waals surface area contributed by atoms with Crippen molar-refractivity contribution < 1.29 is 14.7 Å². The van der Waals surface area contributed by atoms with E-state index >= 15 is 0 Å². The summed E-state index contributed by atoms with van der Waals surface area (Å²) in [4.78, 5) is 23.1. The molecule has 7 heteroatoms. The molecule has 2 N–H and O–H groups in total. The van der Waals surface area contributed by atoms with Gasteiger partial charge >= 0.3 is 6.09 Å². The van der Waals surface area contributed by atoms with E-state index in [1.807, 2.05) is 0 Å². The van der Waals surface area contributed by atoms with Gasteiger partial charge in [0.1, 0.15) is 6.04 Å². The lowest BCUT2D eigenvalue weighted by atomic mass is 10.3. The number of carbonyl (C=O) groups is 2. The summed E-state index contributed by atoms with van der Waals surface area (Å²) in [5.41, 5.74) is 0. The standard InChI is InChI=1S/C8H16N2O3S2/c1-10(8(12)13)6(5-15)7(11)9-3-2-4-14/h6,14-15H,2-5H2,1H3,(H,9,11)(H,12,13). The van der Waals surface area contributed by atoms with Crippen LogP contribution in [0.2, 0.25) is 0 Å². The summed E-state index contributed by atoms with van der Waals surface area (Å²) < 4.78 is 0. The van der Waals surface area contributed by atoms with Crippen LogP contribution in [0.15, 0.2) is 0 Å². The van der Waals surface area contributed by atoms with E-state index in [1.54, 1.807) is 0 Å². The first-order valence-corrected chi connectivity index (χ1v) is 5.76. The average molecular weight is 252 g/mol. The second-order valence-corrected chi connectivity index (χ2v) is 3.77. The smallest absolute Gasteiger partial charge is 0.407 e. The Balaban J connectivity index is 4.15. The average Bonchev–Trinajstić information content (AvgIpc) is 2.19. The third kappa shape index (κ3) is 5.17. The van der Waals surface area contributed by atoms with E-state index in [0.29, 0.717) is 12.3 Å². The van der Waals surface area contributed by atoms with Gasteiger partial charge in [-0.25, -0.2) is 4.79 Å². The Morgan fingerprint density at radius 1 is 1.47 bits per heavy atom. The minimum atomic E-state index is -1.14. The number of amides is 2. The Morgan fingerprint density at radius 2 is 2.07 bits per heavy atom. The van der Waals surface area contributed by atoms with Crippen molar-refractivity contribution in [2.45, 2.75) is 12.5 Å². The van der Waals surface area contributed by atoms with Crippen LogP contribution in [0.4, 0.5) is 4.79 Å². The highest BCUT2D eigenvalue weighted by Crippen LogP contribution is 2.00. The lowest BCUT2D eigenvalue weighted by Crippen LogP contribution is -2.48. The summed E-state index contributed by atoms with van der Waals surface area (Å²) in [6, 6.07) is -0.745. The largest absolute Gasteiger partial charge is 0.465 e. The molecule has 88 valence electrons. The summed E-state index contributed by atoms with van der Waals surface area (Å²) >= 11 is 7.95. The topological polar surface area (TPSA) is 69.6 Å². The number of nitrogens with one attached hydrogen (secondary N) is 1. The molecule has 1 atom stereocenters. The fourth-order valence-electron chi connectivity index (χ4n) is 0.923. The van der Waals surface area contributed by atoms with Crippen LogP contribution >= 0.6 is 25.3 Å². The van der Waals surface area contributed by atoms with Gasteiger partial charge in [0, 0.05) is 19.3 Å². The van der Waals surface area contributed by atoms with Crippen LogP contribution in [-0.2, 0) is 4.79 Å². The zero-order valence-electron chi connectivity index (χ0n) is 8.51. The Labute approximate surface area is 100 Å². The lowest BCUT2D eigenvalue weighted by Gasteiger charge is -2.22. The van der Waals surface area contributed by atoms with E-state index in [0.717, 1.165) is 11.3 Å². The Kier molecular flexibility index (Phi) is 7.41. The molecule has 5 nitrogen and oxygen atoms in total. The van der Waals surface area contributed by atoms with Crippen molar-refractivity contribution in [2.75, 3.05) is 25.1 Å². The Morgan fingerprint density at radius 3 is 2.47 bits per heavy atom. The van der Waals surface area contributed by atoms with Crippen LogP contribution in [0.3, 0.4) is 0 Å². The first kappa shape index (κ1) is 14.4. The van der Waals surface area contributed by atoms with Gasteiger partial charge in [-0.15, -0.1) is 0 Å². The molecule has 0 aromatic carbocycles. The van der Waals surface area contributed by atoms with Gasteiger partial charge in [0.15, 0.2) is 0 Å². The number of hydrogen-bond acceptors (Lipinski definition) is 4. The van der Waals surface area contributed by atoms with Crippen molar-refractivity contribution in [2.24, 2.45) is 0 Å². The maximum absolute atomic E-state index is 11.5. The van der Waals surface area contributed by atoms with E-state index in [9.17, 15) is 9.59 Å². The summed E-state index contributed by atoms with van der Waals surface area (Å²) in [7, 11) is 1.35. The van der Waals surface area contributed by atoms with Gasteiger partial charge in [-0.1, -0.05) is 0 Å². The number of carboxylic acid groups (broad SMARTS) is 1. The zero-order chi connectivity index (χ0) is 11.8. The molecule has 0 aliphatic heterocycles. The highest BCUT2D eigenvalue weighted by Gasteiger charge is 2.24. The van der Waals surface area contributed by atoms with E-state index in [1.165, 1.54) is 7.05 Å². The molecule has 15 heavy (non-hydrogen) atoms. The molecule has 0 heterocycles. The maximum Gasteiger partial charge on any atom is 0.407 e. The van der Waals surface area contributed by atoms with E-state index in [-0.39, 0.29) is 11.7 Å². The summed E-state index contributed by atoms with van der Waals surface area (Å²) in [6.07, 6.45) is -0.385. The molecular formula is C8H16N2O3S2. The maximum atomic E-state index is 11.5. The van der Waals surface area contributed by atoms with E-state index < -0.39 is 12.1 Å². The van der Waals surface area contributed by atoms with Crippen LogP contribution in [0.1, 0.15) is 6.42 Å². The lowest BCUT2D eigenvalue weighted by molar-refractivity contribution is -0.124. The molecule has 0 fully saturated rings. The molecule has 0 spiro atoms. The number of carbonyl (C=O) groups excluding carboxylic acids is 1. The molecule has 0 radical (unpaired) electrons. The highest BCUT2D eigenvalue weighted by atomic mass is 32.1. The number of likely N-dealkylation sites (N-methyl/N-ethyl adjacent to an activating group) is 1. The molecule has 0 aliphatic carbocycles. The quantitative estimate of drug-likeness (QED) is 0.407. The second kappa shape index (κ2) is 7.70. The number of thiol groups is 2. The fourth-order valence-corrected chi connectivity index (χ4v) is 1.49. The summed E-state index contributed by atoms with van der Waals surface area (Å²) in [6.45, 7) is 0.500. The van der Waals surface area contributed by atoms with Crippen molar-refractivity contribution in [3.63, 3.8) is 0 Å². The van der Waals surface area contributed by atoms with Crippen LogP contribution in [0.5, 0.6) is 0 Å². The first-order chi connectivity index (χ1) is 7.04. The highest BCUT2D eigenvalue weighted by molar-refractivity contribution is 7.80. The van der Waals surface area contributed by atoms with Crippen molar-refractivity contribution in [1.82, 2.24) is 10.2 Å². The number of nitrogens with zero attached hydrogens (tertiary/aromatic N) is 1. The van der Waals surface area contributed by atoms with Crippen LogP contribution in [-0.4, -0.2) is 53.1 Å². The molecule has 0 aliphatic rings. The summed E-state index contributed by atoms with van der Waals surface area (Å²) in [5, 5.41) is 11.3. The van der Waals surface area contributed by atoms with E-state index in [4.69, 9.17) is 5.11 Å². The van der Waals surface area contributed by atoms with E-state index in [2.05, 4.69) is 30.6 Å². The third-order valence-electron chi connectivity index (χ3n) is 1.88. The third-order valence-corrected chi connectivity index (χ3v) is 2.54. The molecule has 0 saturated heterocycles. The number of rotatable bonds is 6. The molecule has 0 rings (SSSR count). The molecule has 0 saturated carbocycles. The van der Waals surface area contributed by atoms with Crippen LogP contribution < -0.4 is 5.32 Å². The second-order valence-electron chi connectivity index (χ2n) is 2.96. The van der Waals surface area contributed by atoms with Gasteiger partial charge in [-0.05, 0) is 12.2 Å². The molecule has 0 aromatic rings. The SMILES string of the molecule is CN(C(=O)O)C(CS)C(=O)NCCCS. The molecule has 0 aromatic heterocycles. The molecule has 2 amide bonds. The minimum Gasteiger partial charge on any atom is -0.465 e. The molecule has 1 unspecified atom stereocenters. The molecular weight excluding hydrogens is 236 g/mol. The van der Waals surface area contributed by atoms with Crippen molar-refractivity contribution >= 4 is 37.3 Å². The Hall–Kier alpha value is -0.560. The fraction of sp³-hybridized carbons (Fsp3) is 0.750. The molecule has 0 bridgehead atoms. The van der Waals surface area contributed by atoms with Gasteiger partial charge in [0.05, 0.1) is 0 Å². The van der Waals surface area contributed by atoms with Gasteiger partial charge in [-0.2, -0.15) is 25.3 Å². The van der Waals surface area contributed by atoms with Gasteiger partial charge < -0.3 is 10.4 Å². The zero-order valence-corrected chi connectivity index (χ0v) is 10.3. The normalized spacial score (nSPS) is 11.9. The van der Waals surface area contributed by atoms with Gasteiger partial charge in [0.25, 0.3) is 0 Å². The van der Waals surface area contributed by atoms with Crippen molar-refractivity contribution in [3.8, 4) is 0 Å². The number of hydrogen-bond donors (Lipinski definition) is 4. The van der Waals surface area contributed by atoms with Gasteiger partial charge in [-0.3, -0.25) is 9.69 Å². The van der Waals surface area contributed by atoms with Crippen LogP contribution in [0.25, 0.3) is 0 Å². The predicted octanol–water partition coefficient (Wildman–Crippen LogP) is 0.331. The predicted molar refractivity (Wildman–Crippen MR) is 64.9 cm³/mol. The minimum absolute atomic E-state index is 0.162. The monoisotopic (exact) mass is 252 g/mol. The first-order valence-electron chi connectivity index (χ1n) is 4.49.